The van der Waals surface area contributed by atoms with Gasteiger partial charge in [0.05, 0.1) is 30.9 Å². The maximum Gasteiger partial charge on any atom is 0.295 e. The number of rotatable bonds is 10. The number of aliphatic hydroxyl groups is 1. The Morgan fingerprint density at radius 2 is 1.79 bits per heavy atom. The van der Waals surface area contributed by atoms with Crippen LogP contribution in [0.4, 0.5) is 0 Å². The van der Waals surface area contributed by atoms with Gasteiger partial charge in [-0.2, -0.15) is 0 Å². The van der Waals surface area contributed by atoms with Crippen LogP contribution in [0.2, 0.25) is 0 Å². The first-order valence-corrected chi connectivity index (χ1v) is 11.1. The molecule has 0 aliphatic carbocycles. The van der Waals surface area contributed by atoms with Gasteiger partial charge in [-0.25, -0.2) is 0 Å². The number of nitrogens with zero attached hydrogens (tertiary/aromatic N) is 1. The van der Waals surface area contributed by atoms with E-state index in [1.807, 2.05) is 32.9 Å². The van der Waals surface area contributed by atoms with Gasteiger partial charge < -0.3 is 24.2 Å². The Morgan fingerprint density at radius 3 is 2.42 bits per heavy atom. The molecule has 1 fully saturated rings. The first-order valence-electron chi connectivity index (χ1n) is 11.1. The fourth-order valence-corrected chi connectivity index (χ4v) is 3.76. The summed E-state index contributed by atoms with van der Waals surface area (Å²) in [7, 11) is 1.53. The number of carbonyl (C=O) groups is 2. The molecule has 2 aromatic carbocycles. The number of benzene rings is 2. The van der Waals surface area contributed by atoms with Gasteiger partial charge >= 0.3 is 0 Å². The van der Waals surface area contributed by atoms with Gasteiger partial charge in [0.25, 0.3) is 11.7 Å². The fourth-order valence-electron chi connectivity index (χ4n) is 3.76. The summed E-state index contributed by atoms with van der Waals surface area (Å²) in [5.74, 6) is -0.363. The van der Waals surface area contributed by atoms with Crippen molar-refractivity contribution in [3.05, 3.63) is 65.2 Å². The molecule has 1 aliphatic heterocycles. The summed E-state index contributed by atoms with van der Waals surface area (Å²) in [5, 5.41) is 11.2. The number of hydrogen-bond acceptors (Lipinski definition) is 6. The van der Waals surface area contributed by atoms with Gasteiger partial charge in [-0.05, 0) is 50.1 Å². The minimum Gasteiger partial charge on any atom is -0.507 e. The molecular weight excluding hydrogens is 422 g/mol. The third-order valence-corrected chi connectivity index (χ3v) is 5.22. The predicted molar refractivity (Wildman–Crippen MR) is 125 cm³/mol. The summed E-state index contributed by atoms with van der Waals surface area (Å²) in [6, 6.07) is 13.4. The van der Waals surface area contributed by atoms with Crippen LogP contribution in [0.1, 0.15) is 44.4 Å². The van der Waals surface area contributed by atoms with E-state index in [1.54, 1.807) is 36.4 Å². The number of amides is 1. The molecule has 1 saturated heterocycles. The fraction of sp³-hybridized carbons (Fsp3) is 0.385. The topological polar surface area (TPSA) is 85.3 Å². The molecule has 0 spiro atoms. The van der Waals surface area contributed by atoms with Gasteiger partial charge in [-0.3, -0.25) is 9.59 Å². The molecule has 1 unspecified atom stereocenters. The molecule has 7 heteroatoms. The van der Waals surface area contributed by atoms with Gasteiger partial charge in [-0.15, -0.1) is 0 Å². The van der Waals surface area contributed by atoms with Crippen LogP contribution in [-0.2, 0) is 14.3 Å². The van der Waals surface area contributed by atoms with Crippen molar-refractivity contribution in [3.8, 4) is 11.5 Å². The minimum atomic E-state index is -0.741. The van der Waals surface area contributed by atoms with Crippen molar-refractivity contribution in [3.63, 3.8) is 0 Å². The summed E-state index contributed by atoms with van der Waals surface area (Å²) < 4.78 is 16.5. The summed E-state index contributed by atoms with van der Waals surface area (Å²) in [4.78, 5) is 27.4. The molecule has 0 saturated carbocycles. The number of Topliss-reactive ketones (excluding diaryl/α,β-unsaturated/α-hetero) is 1. The number of aliphatic hydroxyl groups excluding tert-OH is 1. The molecule has 1 atom stereocenters. The Kier molecular flexibility index (Phi) is 8.11. The van der Waals surface area contributed by atoms with E-state index in [9.17, 15) is 14.7 Å². The van der Waals surface area contributed by atoms with E-state index < -0.39 is 17.7 Å². The molecule has 3 rings (SSSR count). The van der Waals surface area contributed by atoms with Gasteiger partial charge in [0.1, 0.15) is 17.3 Å². The van der Waals surface area contributed by atoms with Gasteiger partial charge in [-0.1, -0.05) is 31.2 Å². The van der Waals surface area contributed by atoms with Crippen LogP contribution in [0, 0.1) is 0 Å². The smallest absolute Gasteiger partial charge is 0.295 e. The van der Waals surface area contributed by atoms with Crippen LogP contribution in [0.15, 0.2) is 54.1 Å². The van der Waals surface area contributed by atoms with Crippen LogP contribution in [0.3, 0.4) is 0 Å². The molecule has 1 heterocycles. The van der Waals surface area contributed by atoms with E-state index >= 15 is 0 Å². The van der Waals surface area contributed by atoms with E-state index in [0.717, 1.165) is 6.42 Å². The Labute approximate surface area is 194 Å². The molecule has 1 aliphatic rings. The lowest BCUT2D eigenvalue weighted by atomic mass is 9.95. The van der Waals surface area contributed by atoms with E-state index in [1.165, 1.54) is 12.0 Å². The van der Waals surface area contributed by atoms with Crippen molar-refractivity contribution in [1.82, 2.24) is 4.90 Å². The lowest BCUT2D eigenvalue weighted by Gasteiger charge is -2.25. The number of ether oxygens (including phenoxy) is 3. The molecule has 0 bridgehead atoms. The average Bonchev–Trinajstić information content (AvgIpc) is 3.05. The highest BCUT2D eigenvalue weighted by atomic mass is 16.5. The van der Waals surface area contributed by atoms with Crippen molar-refractivity contribution >= 4 is 17.4 Å². The lowest BCUT2D eigenvalue weighted by Crippen LogP contribution is -2.32. The van der Waals surface area contributed by atoms with Gasteiger partial charge in [0.2, 0.25) is 0 Å². The predicted octanol–water partition coefficient (Wildman–Crippen LogP) is 4.33. The SMILES string of the molecule is CCCOc1ccc(C2/C(=C(/O)c3cccc(OC(C)C)c3)C(=O)C(=O)N2CCOC)cc1. The van der Waals surface area contributed by atoms with Crippen LogP contribution in [0.25, 0.3) is 5.76 Å². The number of carbonyl (C=O) groups excluding carboxylic acids is 2. The molecule has 1 N–H and O–H groups in total. The minimum absolute atomic E-state index is 0.0417. The second-order valence-electron chi connectivity index (χ2n) is 8.10. The molecule has 0 radical (unpaired) electrons. The maximum absolute atomic E-state index is 13.0. The Morgan fingerprint density at radius 1 is 1.06 bits per heavy atom. The highest BCUT2D eigenvalue weighted by Gasteiger charge is 2.45. The van der Waals surface area contributed by atoms with Crippen LogP contribution >= 0.6 is 0 Å². The zero-order valence-corrected chi connectivity index (χ0v) is 19.5. The number of ketones is 1. The molecule has 7 nitrogen and oxygen atoms in total. The van der Waals surface area contributed by atoms with Gasteiger partial charge in [0, 0.05) is 19.2 Å². The number of hydrogen-bond donors (Lipinski definition) is 1. The first kappa shape index (κ1) is 24.3. The second kappa shape index (κ2) is 11.0. The summed E-state index contributed by atoms with van der Waals surface area (Å²) in [6.45, 7) is 6.91. The molecule has 0 aromatic heterocycles. The van der Waals surface area contributed by atoms with Crippen molar-refractivity contribution in [2.24, 2.45) is 0 Å². The van der Waals surface area contributed by atoms with Crippen molar-refractivity contribution in [1.29, 1.82) is 0 Å². The zero-order valence-electron chi connectivity index (χ0n) is 19.5. The standard InChI is InChI=1S/C26H31NO6/c1-5-14-32-20-11-9-18(10-12-20)23-22(25(29)26(30)27(23)13-15-31-4)24(28)19-7-6-8-21(16-19)33-17(2)3/h6-12,16-17,23,28H,5,13-15H2,1-4H3/b24-22-. The van der Waals surface area contributed by atoms with Crippen molar-refractivity contribution in [2.75, 3.05) is 26.9 Å². The first-order chi connectivity index (χ1) is 15.9. The normalized spacial score (nSPS) is 17.6. The maximum atomic E-state index is 13.0. The van der Waals surface area contributed by atoms with E-state index in [4.69, 9.17) is 14.2 Å². The third kappa shape index (κ3) is 5.54. The average molecular weight is 454 g/mol. The third-order valence-electron chi connectivity index (χ3n) is 5.22. The van der Waals surface area contributed by atoms with Crippen molar-refractivity contribution in [2.45, 2.75) is 39.3 Å². The summed E-state index contributed by atoms with van der Waals surface area (Å²) in [5.41, 5.74) is 1.15. The Hall–Kier alpha value is -3.32. The van der Waals surface area contributed by atoms with Gasteiger partial charge in [0.15, 0.2) is 0 Å². The second-order valence-corrected chi connectivity index (χ2v) is 8.10. The Balaban J connectivity index is 2.06. The van der Waals surface area contributed by atoms with Crippen LogP contribution < -0.4 is 9.47 Å². The van der Waals surface area contributed by atoms with Crippen LogP contribution in [0.5, 0.6) is 11.5 Å². The van der Waals surface area contributed by atoms with Crippen LogP contribution in [-0.4, -0.2) is 54.7 Å². The Bertz CT molecular complexity index is 1010. The van der Waals surface area contributed by atoms with Crippen molar-refractivity contribution < 1.29 is 28.9 Å². The van der Waals surface area contributed by atoms with E-state index in [2.05, 4.69) is 0 Å². The molecular formula is C26H31NO6. The molecule has 33 heavy (non-hydrogen) atoms. The highest BCUT2D eigenvalue weighted by molar-refractivity contribution is 6.46. The van der Waals surface area contributed by atoms with E-state index in [0.29, 0.717) is 29.2 Å². The zero-order chi connectivity index (χ0) is 24.0. The monoisotopic (exact) mass is 453 g/mol. The molecule has 1 amide bonds. The quantitative estimate of drug-likeness (QED) is 0.327. The van der Waals surface area contributed by atoms with E-state index in [-0.39, 0.29) is 30.6 Å². The molecule has 2 aromatic rings. The highest BCUT2D eigenvalue weighted by Crippen LogP contribution is 2.40. The lowest BCUT2D eigenvalue weighted by molar-refractivity contribution is -0.140. The summed E-state index contributed by atoms with van der Waals surface area (Å²) in [6.07, 6.45) is 0.842. The molecule has 176 valence electrons. The summed E-state index contributed by atoms with van der Waals surface area (Å²) >= 11 is 0. The number of methoxy groups -OCH3 is 1. The number of likely N-dealkylation sites (tertiary alicyclic amines) is 1. The largest absolute Gasteiger partial charge is 0.507 e.